The Morgan fingerprint density at radius 3 is 1.39 bits per heavy atom. The molecule has 3 rings (SSSR count). The van der Waals surface area contributed by atoms with Crippen molar-refractivity contribution in [3.63, 3.8) is 0 Å². The molecule has 3 heterocycles. The summed E-state index contributed by atoms with van der Waals surface area (Å²) in [7, 11) is 0. The van der Waals surface area contributed by atoms with Gasteiger partial charge >= 0.3 is 0 Å². The molecule has 1 aromatic rings. The molecule has 0 spiro atoms. The largest absolute Gasteiger partial charge is 0.394 e. The van der Waals surface area contributed by atoms with Gasteiger partial charge < -0.3 is 50.3 Å². The first-order chi connectivity index (χ1) is 14.8. The SMILES string of the molecule is OCC1OC(C#Cc2ccc(C#CC3OC(CO)C(O)C(O)C3O)s2)C(O)C(O)C1O. The van der Waals surface area contributed by atoms with Crippen LogP contribution >= 0.6 is 11.3 Å². The molecule has 0 aliphatic carbocycles. The lowest BCUT2D eigenvalue weighted by Crippen LogP contribution is -2.58. The topological polar surface area (TPSA) is 180 Å². The van der Waals surface area contributed by atoms with Crippen LogP contribution in [-0.2, 0) is 9.47 Å². The van der Waals surface area contributed by atoms with Gasteiger partial charge in [-0.25, -0.2) is 0 Å². The van der Waals surface area contributed by atoms with Gasteiger partial charge in [-0.05, 0) is 12.1 Å². The molecule has 2 fully saturated rings. The van der Waals surface area contributed by atoms with Gasteiger partial charge in [-0.3, -0.25) is 0 Å². The van der Waals surface area contributed by atoms with E-state index < -0.39 is 74.3 Å². The molecule has 31 heavy (non-hydrogen) atoms. The number of thiophene rings is 1. The summed E-state index contributed by atoms with van der Waals surface area (Å²) in [6, 6.07) is 3.30. The van der Waals surface area contributed by atoms with E-state index in [1.807, 2.05) is 0 Å². The van der Waals surface area contributed by atoms with E-state index in [1.165, 1.54) is 11.3 Å². The third-order valence-corrected chi connectivity index (χ3v) is 5.98. The molecule has 0 radical (unpaired) electrons. The fourth-order valence-corrected chi connectivity index (χ4v) is 3.93. The van der Waals surface area contributed by atoms with Crippen molar-refractivity contribution in [2.24, 2.45) is 0 Å². The van der Waals surface area contributed by atoms with Gasteiger partial charge in [0.15, 0.2) is 0 Å². The average molecular weight is 456 g/mol. The Morgan fingerprint density at radius 1 is 0.645 bits per heavy atom. The maximum Gasteiger partial charge on any atom is 0.147 e. The van der Waals surface area contributed by atoms with E-state index in [4.69, 9.17) is 9.47 Å². The van der Waals surface area contributed by atoms with E-state index >= 15 is 0 Å². The zero-order valence-electron chi connectivity index (χ0n) is 16.1. The van der Waals surface area contributed by atoms with Crippen molar-refractivity contribution in [2.45, 2.75) is 61.0 Å². The van der Waals surface area contributed by atoms with E-state index in [9.17, 15) is 40.9 Å². The molecule has 2 aliphatic heterocycles. The summed E-state index contributed by atoms with van der Waals surface area (Å²) in [6.07, 6.45) is -13.1. The maximum absolute atomic E-state index is 10.0. The fourth-order valence-electron chi connectivity index (χ4n) is 3.20. The molecule has 170 valence electrons. The zero-order chi connectivity index (χ0) is 22.7. The van der Waals surface area contributed by atoms with Gasteiger partial charge in [0, 0.05) is 0 Å². The van der Waals surface area contributed by atoms with Crippen LogP contribution in [0.4, 0.5) is 0 Å². The molecule has 10 unspecified atom stereocenters. The molecule has 2 saturated heterocycles. The lowest BCUT2D eigenvalue weighted by molar-refractivity contribution is -0.214. The Hall–Kier alpha value is -1.58. The van der Waals surface area contributed by atoms with Crippen molar-refractivity contribution >= 4 is 11.3 Å². The minimum Gasteiger partial charge on any atom is -0.394 e. The second-order valence-corrected chi connectivity index (χ2v) is 8.29. The monoisotopic (exact) mass is 456 g/mol. The van der Waals surface area contributed by atoms with Crippen molar-refractivity contribution in [2.75, 3.05) is 13.2 Å². The van der Waals surface area contributed by atoms with Gasteiger partial charge in [-0.2, -0.15) is 0 Å². The number of ether oxygens (including phenoxy) is 2. The summed E-state index contributed by atoms with van der Waals surface area (Å²) in [5.41, 5.74) is 0. The van der Waals surface area contributed by atoms with E-state index in [0.29, 0.717) is 9.75 Å². The fraction of sp³-hybridized carbons (Fsp3) is 0.600. The lowest BCUT2D eigenvalue weighted by atomic mass is 9.95. The quantitative estimate of drug-likeness (QED) is 0.205. The highest BCUT2D eigenvalue weighted by Gasteiger charge is 2.43. The number of hydrogen-bond acceptors (Lipinski definition) is 11. The lowest BCUT2D eigenvalue weighted by Gasteiger charge is -2.37. The van der Waals surface area contributed by atoms with Crippen molar-refractivity contribution in [1.82, 2.24) is 0 Å². The smallest absolute Gasteiger partial charge is 0.147 e. The molecule has 11 heteroatoms. The van der Waals surface area contributed by atoms with Gasteiger partial charge in [0.25, 0.3) is 0 Å². The third-order valence-electron chi connectivity index (χ3n) is 5.07. The third kappa shape index (κ3) is 5.26. The highest BCUT2D eigenvalue weighted by molar-refractivity contribution is 7.13. The molecular formula is C20H24O10S. The summed E-state index contributed by atoms with van der Waals surface area (Å²) in [6.45, 7) is -1.08. The first-order valence-corrected chi connectivity index (χ1v) is 10.3. The number of rotatable bonds is 2. The first kappa shape index (κ1) is 24.1. The summed E-state index contributed by atoms with van der Waals surface area (Å²) in [5, 5.41) is 77.6. The van der Waals surface area contributed by atoms with Crippen molar-refractivity contribution in [1.29, 1.82) is 0 Å². The van der Waals surface area contributed by atoms with Crippen LogP contribution in [0.1, 0.15) is 9.75 Å². The normalized spacial score (nSPS) is 40.4. The minimum absolute atomic E-state index is 0.542. The van der Waals surface area contributed by atoms with Crippen LogP contribution in [0.15, 0.2) is 12.1 Å². The van der Waals surface area contributed by atoms with Crippen LogP contribution in [0.5, 0.6) is 0 Å². The molecule has 0 saturated carbocycles. The molecule has 1 aromatic heterocycles. The van der Waals surface area contributed by atoms with Crippen molar-refractivity contribution in [3.8, 4) is 23.7 Å². The summed E-state index contributed by atoms with van der Waals surface area (Å²) in [4.78, 5) is 1.10. The predicted molar refractivity (Wildman–Crippen MR) is 106 cm³/mol. The summed E-state index contributed by atoms with van der Waals surface area (Å²) >= 11 is 1.18. The number of aliphatic hydroxyl groups is 8. The van der Waals surface area contributed by atoms with Crippen molar-refractivity contribution in [3.05, 3.63) is 21.9 Å². The molecular weight excluding hydrogens is 432 g/mol. The van der Waals surface area contributed by atoms with Crippen LogP contribution in [0.3, 0.4) is 0 Å². The first-order valence-electron chi connectivity index (χ1n) is 9.50. The van der Waals surface area contributed by atoms with E-state index in [-0.39, 0.29) is 0 Å². The predicted octanol–water partition coefficient (Wildman–Crippen LogP) is -3.86. The van der Waals surface area contributed by atoms with Crippen LogP contribution in [0.2, 0.25) is 0 Å². The van der Waals surface area contributed by atoms with Gasteiger partial charge in [-0.15, -0.1) is 11.3 Å². The highest BCUT2D eigenvalue weighted by Crippen LogP contribution is 2.23. The van der Waals surface area contributed by atoms with Crippen LogP contribution in [0.25, 0.3) is 0 Å². The zero-order valence-corrected chi connectivity index (χ0v) is 17.0. The average Bonchev–Trinajstić information content (AvgIpc) is 3.23. The molecule has 2 aliphatic rings. The van der Waals surface area contributed by atoms with Gasteiger partial charge in [0.2, 0.25) is 0 Å². The second kappa shape index (κ2) is 10.4. The second-order valence-electron chi connectivity index (χ2n) is 7.20. The molecule has 8 N–H and O–H groups in total. The standard InChI is InChI=1S/C20H24O10S/c21-7-13-17(25)19(27)15(23)11(29-13)5-3-9-1-2-10(31-9)4-6-12-16(24)20(28)18(26)14(8-22)30-12/h1-2,11-28H,7-8H2. The van der Waals surface area contributed by atoms with E-state index in [0.717, 1.165) is 0 Å². The van der Waals surface area contributed by atoms with Gasteiger partial charge in [-0.1, -0.05) is 23.7 Å². The number of hydrogen-bond donors (Lipinski definition) is 8. The highest BCUT2D eigenvalue weighted by atomic mass is 32.1. The Morgan fingerprint density at radius 2 is 1.03 bits per heavy atom. The Labute approximate surface area is 181 Å². The Bertz CT molecular complexity index is 794. The van der Waals surface area contributed by atoms with E-state index in [2.05, 4.69) is 23.7 Å². The molecule has 10 nitrogen and oxygen atoms in total. The Kier molecular flexibility index (Phi) is 8.04. The molecule has 0 bridgehead atoms. The molecule has 10 atom stereocenters. The van der Waals surface area contributed by atoms with Crippen LogP contribution in [-0.4, -0.2) is 115 Å². The minimum atomic E-state index is -1.51. The molecule has 0 amide bonds. The van der Waals surface area contributed by atoms with Crippen LogP contribution in [0, 0.1) is 23.7 Å². The Balaban J connectivity index is 1.69. The van der Waals surface area contributed by atoms with Gasteiger partial charge in [0.1, 0.15) is 61.0 Å². The summed E-state index contributed by atoms with van der Waals surface area (Å²) in [5.74, 6) is 10.9. The van der Waals surface area contributed by atoms with E-state index in [1.54, 1.807) is 12.1 Å². The van der Waals surface area contributed by atoms with Crippen LogP contribution < -0.4 is 0 Å². The van der Waals surface area contributed by atoms with Crippen molar-refractivity contribution < 1.29 is 50.3 Å². The maximum atomic E-state index is 10.0. The molecule has 0 aromatic carbocycles. The van der Waals surface area contributed by atoms with Gasteiger partial charge in [0.05, 0.1) is 23.0 Å². The number of aliphatic hydroxyl groups excluding tert-OH is 8. The summed E-state index contributed by atoms with van der Waals surface area (Å²) < 4.78 is 10.6.